The number of hydrogen-bond donors (Lipinski definition) is 1. The van der Waals surface area contributed by atoms with Gasteiger partial charge in [0.2, 0.25) is 0 Å². The molecule has 0 aromatic heterocycles. The quantitative estimate of drug-likeness (QED) is 0.606. The minimum Gasteiger partial charge on any atom is -0.496 e. The van der Waals surface area contributed by atoms with Crippen molar-refractivity contribution in [1.82, 2.24) is 5.48 Å². The normalized spacial score (nSPS) is 10.3. The van der Waals surface area contributed by atoms with E-state index in [0.29, 0.717) is 24.6 Å². The highest BCUT2D eigenvalue weighted by molar-refractivity contribution is 5.41. The van der Waals surface area contributed by atoms with Crippen LogP contribution in [0.3, 0.4) is 0 Å². The third kappa shape index (κ3) is 4.43. The van der Waals surface area contributed by atoms with E-state index in [9.17, 15) is 0 Å². The van der Waals surface area contributed by atoms with Crippen LogP contribution in [0.1, 0.15) is 25.0 Å². The third-order valence-corrected chi connectivity index (χ3v) is 2.19. The van der Waals surface area contributed by atoms with Crippen LogP contribution in [0, 0.1) is 17.2 Å². The molecular weight excluding hydrogens is 216 g/mol. The Balaban J connectivity index is 2.59. The molecular formula is C13H18N2O2. The van der Waals surface area contributed by atoms with E-state index >= 15 is 0 Å². The van der Waals surface area contributed by atoms with Crippen LogP contribution in [-0.4, -0.2) is 13.7 Å². The van der Waals surface area contributed by atoms with E-state index in [-0.39, 0.29) is 0 Å². The summed E-state index contributed by atoms with van der Waals surface area (Å²) in [5, 5.41) is 8.83. The molecule has 17 heavy (non-hydrogen) atoms. The molecule has 0 atom stereocenters. The molecule has 4 nitrogen and oxygen atoms in total. The molecule has 0 aliphatic carbocycles. The van der Waals surface area contributed by atoms with Gasteiger partial charge in [-0.2, -0.15) is 10.7 Å². The van der Waals surface area contributed by atoms with Crippen molar-refractivity contribution < 1.29 is 9.57 Å². The van der Waals surface area contributed by atoms with E-state index in [0.717, 1.165) is 11.3 Å². The van der Waals surface area contributed by atoms with Crippen molar-refractivity contribution in [2.75, 3.05) is 13.7 Å². The van der Waals surface area contributed by atoms with Gasteiger partial charge in [0.05, 0.1) is 25.3 Å². The second kappa shape index (κ2) is 6.89. The Labute approximate surface area is 102 Å². The zero-order chi connectivity index (χ0) is 12.7. The lowest BCUT2D eigenvalue weighted by atomic mass is 10.1. The Morgan fingerprint density at radius 2 is 2.18 bits per heavy atom. The minimum atomic E-state index is 0.481. The van der Waals surface area contributed by atoms with E-state index in [1.54, 1.807) is 25.3 Å². The van der Waals surface area contributed by atoms with Crippen molar-refractivity contribution in [2.45, 2.75) is 20.4 Å². The first kappa shape index (κ1) is 13.5. The molecule has 0 unspecified atom stereocenters. The molecule has 4 heteroatoms. The van der Waals surface area contributed by atoms with Crippen LogP contribution >= 0.6 is 0 Å². The number of hydrogen-bond acceptors (Lipinski definition) is 4. The molecule has 0 saturated carbocycles. The third-order valence-electron chi connectivity index (χ3n) is 2.19. The summed E-state index contributed by atoms with van der Waals surface area (Å²) in [6.07, 6.45) is 0. The van der Waals surface area contributed by atoms with Crippen LogP contribution in [0.2, 0.25) is 0 Å². The molecule has 0 aliphatic rings. The average molecular weight is 234 g/mol. The fourth-order valence-electron chi connectivity index (χ4n) is 1.34. The second-order valence-corrected chi connectivity index (χ2v) is 4.16. The number of nitrogens with zero attached hydrogens (tertiary/aromatic N) is 1. The first-order valence-electron chi connectivity index (χ1n) is 5.59. The average Bonchev–Trinajstić information content (AvgIpc) is 2.34. The lowest BCUT2D eigenvalue weighted by Gasteiger charge is -2.11. The summed E-state index contributed by atoms with van der Waals surface area (Å²) >= 11 is 0. The van der Waals surface area contributed by atoms with E-state index in [1.165, 1.54) is 0 Å². The number of rotatable bonds is 6. The summed E-state index contributed by atoms with van der Waals surface area (Å²) < 4.78 is 5.22. The van der Waals surface area contributed by atoms with Gasteiger partial charge in [0, 0.05) is 12.1 Å². The highest BCUT2D eigenvalue weighted by Gasteiger charge is 2.04. The molecule has 0 fully saturated rings. The van der Waals surface area contributed by atoms with Gasteiger partial charge in [-0.05, 0) is 24.1 Å². The lowest BCUT2D eigenvalue weighted by Crippen LogP contribution is -2.17. The molecule has 1 rings (SSSR count). The van der Waals surface area contributed by atoms with E-state index in [4.69, 9.17) is 14.8 Å². The Morgan fingerprint density at radius 1 is 1.41 bits per heavy atom. The van der Waals surface area contributed by atoms with Crippen LogP contribution in [0.15, 0.2) is 18.2 Å². The SMILES string of the molecule is COc1ccc(C#N)cc1CNOCC(C)C. The Bertz CT molecular complexity index is 397. The summed E-state index contributed by atoms with van der Waals surface area (Å²) in [6, 6.07) is 7.42. The maximum Gasteiger partial charge on any atom is 0.123 e. The Kier molecular flexibility index (Phi) is 5.47. The van der Waals surface area contributed by atoms with Crippen LogP contribution in [0.4, 0.5) is 0 Å². The predicted molar refractivity (Wildman–Crippen MR) is 65.3 cm³/mol. The van der Waals surface area contributed by atoms with E-state index in [1.807, 2.05) is 0 Å². The molecule has 1 aromatic carbocycles. The van der Waals surface area contributed by atoms with Crippen molar-refractivity contribution in [1.29, 1.82) is 5.26 Å². The summed E-state index contributed by atoms with van der Waals surface area (Å²) in [5.41, 5.74) is 4.40. The zero-order valence-electron chi connectivity index (χ0n) is 10.5. The van der Waals surface area contributed by atoms with Gasteiger partial charge < -0.3 is 9.57 Å². The van der Waals surface area contributed by atoms with Gasteiger partial charge >= 0.3 is 0 Å². The highest BCUT2D eigenvalue weighted by atomic mass is 16.6. The first-order chi connectivity index (χ1) is 8.17. The molecule has 0 saturated heterocycles. The Morgan fingerprint density at radius 3 is 2.76 bits per heavy atom. The second-order valence-electron chi connectivity index (χ2n) is 4.16. The summed E-state index contributed by atoms with van der Waals surface area (Å²) in [6.45, 7) is 5.34. The van der Waals surface area contributed by atoms with Crippen LogP contribution in [0.5, 0.6) is 5.75 Å². The summed E-state index contributed by atoms with van der Waals surface area (Å²) in [4.78, 5) is 5.28. The molecule has 0 spiro atoms. The topological polar surface area (TPSA) is 54.3 Å². The first-order valence-corrected chi connectivity index (χ1v) is 5.59. The summed E-state index contributed by atoms with van der Waals surface area (Å²) in [7, 11) is 1.61. The smallest absolute Gasteiger partial charge is 0.123 e. The molecule has 0 aliphatic heterocycles. The van der Waals surface area contributed by atoms with Gasteiger partial charge in [0.25, 0.3) is 0 Å². The van der Waals surface area contributed by atoms with Crippen molar-refractivity contribution in [3.05, 3.63) is 29.3 Å². The molecule has 0 bridgehead atoms. The maximum absolute atomic E-state index is 8.83. The van der Waals surface area contributed by atoms with Gasteiger partial charge in [-0.15, -0.1) is 0 Å². The molecule has 0 radical (unpaired) electrons. The molecule has 1 N–H and O–H groups in total. The summed E-state index contributed by atoms with van der Waals surface area (Å²) in [5.74, 6) is 1.24. The fraction of sp³-hybridized carbons (Fsp3) is 0.462. The zero-order valence-corrected chi connectivity index (χ0v) is 10.5. The number of nitrogens with one attached hydrogen (secondary N) is 1. The molecule has 92 valence electrons. The van der Waals surface area contributed by atoms with Gasteiger partial charge in [0.15, 0.2) is 0 Å². The molecule has 0 amide bonds. The maximum atomic E-state index is 8.83. The van der Waals surface area contributed by atoms with Crippen LogP contribution in [0.25, 0.3) is 0 Å². The van der Waals surface area contributed by atoms with Crippen molar-refractivity contribution in [2.24, 2.45) is 5.92 Å². The van der Waals surface area contributed by atoms with Gasteiger partial charge in [-0.3, -0.25) is 0 Å². The number of ether oxygens (including phenoxy) is 1. The lowest BCUT2D eigenvalue weighted by molar-refractivity contribution is 0.0193. The van der Waals surface area contributed by atoms with E-state index in [2.05, 4.69) is 25.4 Å². The standard InChI is InChI=1S/C13H18N2O2/c1-10(2)9-17-15-8-12-6-11(7-14)4-5-13(12)16-3/h4-6,10,15H,8-9H2,1-3H3. The molecule has 1 aromatic rings. The predicted octanol–water partition coefficient (Wildman–Crippen LogP) is 2.24. The molecule has 0 heterocycles. The minimum absolute atomic E-state index is 0.481. The van der Waals surface area contributed by atoms with Crippen molar-refractivity contribution >= 4 is 0 Å². The van der Waals surface area contributed by atoms with Gasteiger partial charge in [-0.25, -0.2) is 0 Å². The number of methoxy groups -OCH3 is 1. The van der Waals surface area contributed by atoms with Gasteiger partial charge in [-0.1, -0.05) is 13.8 Å². The number of benzene rings is 1. The monoisotopic (exact) mass is 234 g/mol. The largest absolute Gasteiger partial charge is 0.496 e. The van der Waals surface area contributed by atoms with Crippen molar-refractivity contribution in [3.8, 4) is 11.8 Å². The van der Waals surface area contributed by atoms with Crippen LogP contribution in [-0.2, 0) is 11.4 Å². The Hall–Kier alpha value is -1.57. The number of nitriles is 1. The fourth-order valence-corrected chi connectivity index (χ4v) is 1.34. The highest BCUT2D eigenvalue weighted by Crippen LogP contribution is 2.19. The van der Waals surface area contributed by atoms with Crippen LogP contribution < -0.4 is 10.2 Å². The number of hydroxylamine groups is 1. The van der Waals surface area contributed by atoms with Crippen molar-refractivity contribution in [3.63, 3.8) is 0 Å². The van der Waals surface area contributed by atoms with E-state index < -0.39 is 0 Å². The van der Waals surface area contributed by atoms with Gasteiger partial charge in [0.1, 0.15) is 5.75 Å².